The number of alkyl carbamates (subject to hydrolysis) is 1. The van der Waals surface area contributed by atoms with E-state index in [1.165, 1.54) is 7.11 Å². The molecule has 21 heavy (non-hydrogen) atoms. The van der Waals surface area contributed by atoms with Gasteiger partial charge in [-0.05, 0) is 18.4 Å². The largest absolute Gasteiger partial charge is 0.467 e. The number of hydrogen-bond donors (Lipinski definition) is 1. The van der Waals surface area contributed by atoms with Crippen molar-refractivity contribution >= 4 is 12.1 Å². The molecule has 0 heterocycles. The topological polar surface area (TPSA) is 88.4 Å². The SMILES string of the molecule is COC(=O)[C@@H](CCCC#N)NC(=O)OCc1ccccc1. The molecule has 0 aliphatic carbocycles. The minimum absolute atomic E-state index is 0.124. The molecule has 0 saturated heterocycles. The molecule has 1 aromatic rings. The molecule has 1 atom stereocenters. The summed E-state index contributed by atoms with van der Waals surface area (Å²) in [6.07, 6.45) is 0.454. The van der Waals surface area contributed by atoms with Gasteiger partial charge in [0.15, 0.2) is 0 Å². The summed E-state index contributed by atoms with van der Waals surface area (Å²) < 4.78 is 9.65. The third-order valence-corrected chi connectivity index (χ3v) is 2.77. The lowest BCUT2D eigenvalue weighted by atomic mass is 10.1. The summed E-state index contributed by atoms with van der Waals surface area (Å²) in [4.78, 5) is 23.2. The monoisotopic (exact) mass is 290 g/mol. The zero-order chi connectivity index (χ0) is 15.5. The average Bonchev–Trinajstić information content (AvgIpc) is 2.52. The van der Waals surface area contributed by atoms with Crippen molar-refractivity contribution in [1.29, 1.82) is 5.26 Å². The number of hydrogen-bond acceptors (Lipinski definition) is 5. The van der Waals surface area contributed by atoms with Crippen LogP contribution in [-0.2, 0) is 20.9 Å². The Labute approximate surface area is 123 Å². The van der Waals surface area contributed by atoms with Crippen LogP contribution < -0.4 is 5.32 Å². The first-order valence-electron chi connectivity index (χ1n) is 6.59. The van der Waals surface area contributed by atoms with Gasteiger partial charge in [0.25, 0.3) is 0 Å². The van der Waals surface area contributed by atoms with Gasteiger partial charge in [0.2, 0.25) is 0 Å². The molecule has 6 heteroatoms. The molecule has 0 aliphatic heterocycles. The lowest BCUT2D eigenvalue weighted by Crippen LogP contribution is -2.41. The molecule has 0 radical (unpaired) electrons. The van der Waals surface area contributed by atoms with E-state index in [0.29, 0.717) is 19.3 Å². The Morgan fingerprint density at radius 2 is 2.05 bits per heavy atom. The van der Waals surface area contributed by atoms with Crippen LogP contribution in [0, 0.1) is 11.3 Å². The lowest BCUT2D eigenvalue weighted by molar-refractivity contribution is -0.143. The van der Waals surface area contributed by atoms with E-state index in [-0.39, 0.29) is 6.61 Å². The van der Waals surface area contributed by atoms with E-state index in [9.17, 15) is 9.59 Å². The highest BCUT2D eigenvalue weighted by atomic mass is 16.6. The number of benzene rings is 1. The molecule has 0 saturated carbocycles. The summed E-state index contributed by atoms with van der Waals surface area (Å²) in [5, 5.41) is 10.9. The van der Waals surface area contributed by atoms with Gasteiger partial charge in [0.1, 0.15) is 12.6 Å². The zero-order valence-corrected chi connectivity index (χ0v) is 11.9. The number of nitriles is 1. The number of nitrogens with one attached hydrogen (secondary N) is 1. The minimum Gasteiger partial charge on any atom is -0.467 e. The van der Waals surface area contributed by atoms with Crippen molar-refractivity contribution in [3.8, 4) is 6.07 Å². The number of ether oxygens (including phenoxy) is 2. The summed E-state index contributed by atoms with van der Waals surface area (Å²) in [5.74, 6) is -0.551. The number of amides is 1. The number of rotatable bonds is 7. The molecular weight excluding hydrogens is 272 g/mol. The highest BCUT2D eigenvalue weighted by Gasteiger charge is 2.21. The lowest BCUT2D eigenvalue weighted by Gasteiger charge is -2.15. The Kier molecular flexibility index (Phi) is 7.36. The van der Waals surface area contributed by atoms with E-state index >= 15 is 0 Å². The first-order valence-corrected chi connectivity index (χ1v) is 6.59. The van der Waals surface area contributed by atoms with Crippen LogP contribution >= 0.6 is 0 Å². The molecule has 0 aliphatic rings. The highest BCUT2D eigenvalue weighted by Crippen LogP contribution is 2.04. The maximum atomic E-state index is 11.7. The van der Waals surface area contributed by atoms with Crippen molar-refractivity contribution in [2.45, 2.75) is 31.9 Å². The number of esters is 1. The van der Waals surface area contributed by atoms with E-state index in [0.717, 1.165) is 5.56 Å². The van der Waals surface area contributed by atoms with E-state index < -0.39 is 18.1 Å². The molecule has 1 aromatic carbocycles. The van der Waals surface area contributed by atoms with Crippen molar-refractivity contribution in [2.24, 2.45) is 0 Å². The van der Waals surface area contributed by atoms with Crippen molar-refractivity contribution in [3.63, 3.8) is 0 Å². The fraction of sp³-hybridized carbons (Fsp3) is 0.400. The summed E-state index contributed by atoms with van der Waals surface area (Å²) in [5.41, 5.74) is 0.853. The van der Waals surface area contributed by atoms with Crippen LogP contribution in [0.15, 0.2) is 30.3 Å². The molecule has 6 nitrogen and oxygen atoms in total. The van der Waals surface area contributed by atoms with Crippen molar-refractivity contribution < 1.29 is 19.1 Å². The van der Waals surface area contributed by atoms with Crippen LogP contribution in [0.5, 0.6) is 0 Å². The molecule has 1 rings (SSSR count). The average molecular weight is 290 g/mol. The van der Waals surface area contributed by atoms with Crippen LogP contribution in [0.3, 0.4) is 0 Å². The third-order valence-electron chi connectivity index (χ3n) is 2.77. The first kappa shape index (κ1) is 16.5. The molecule has 112 valence electrons. The van der Waals surface area contributed by atoms with Crippen LogP contribution in [0.4, 0.5) is 4.79 Å². The molecule has 1 amide bonds. The molecule has 0 spiro atoms. The second kappa shape index (κ2) is 9.37. The van der Waals surface area contributed by atoms with Crippen molar-refractivity contribution in [2.75, 3.05) is 7.11 Å². The van der Waals surface area contributed by atoms with Gasteiger partial charge >= 0.3 is 12.1 Å². The number of carbonyl (C=O) groups excluding carboxylic acids is 2. The molecule has 0 bridgehead atoms. The van der Waals surface area contributed by atoms with Gasteiger partial charge < -0.3 is 14.8 Å². The predicted octanol–water partition coefficient (Wildman–Crippen LogP) is 2.15. The Balaban J connectivity index is 2.44. The Hall–Kier alpha value is -2.55. The molecule has 0 unspecified atom stereocenters. The zero-order valence-electron chi connectivity index (χ0n) is 11.9. The van der Waals surface area contributed by atoms with Gasteiger partial charge in [-0.1, -0.05) is 30.3 Å². The first-order chi connectivity index (χ1) is 10.2. The Morgan fingerprint density at radius 1 is 1.33 bits per heavy atom. The van der Waals surface area contributed by atoms with Gasteiger partial charge in [0.05, 0.1) is 13.2 Å². The normalized spacial score (nSPS) is 11.0. The number of carbonyl (C=O) groups is 2. The maximum absolute atomic E-state index is 11.7. The van der Waals surface area contributed by atoms with Gasteiger partial charge in [-0.15, -0.1) is 0 Å². The smallest absolute Gasteiger partial charge is 0.408 e. The highest BCUT2D eigenvalue weighted by molar-refractivity contribution is 5.81. The van der Waals surface area contributed by atoms with E-state index in [1.54, 1.807) is 0 Å². The standard InChI is InChI=1S/C15H18N2O4/c1-20-14(18)13(9-5-6-10-16)17-15(19)21-11-12-7-3-2-4-8-12/h2-4,7-8,13H,5-6,9,11H2,1H3,(H,17,19)/t13-/m1/s1. The van der Waals surface area contributed by atoms with Gasteiger partial charge in [-0.2, -0.15) is 5.26 Å². The summed E-state index contributed by atoms with van der Waals surface area (Å²) in [6.45, 7) is 0.124. The van der Waals surface area contributed by atoms with Crippen LogP contribution in [0.25, 0.3) is 0 Å². The Morgan fingerprint density at radius 3 is 2.67 bits per heavy atom. The van der Waals surface area contributed by atoms with Crippen LogP contribution in [-0.4, -0.2) is 25.2 Å². The van der Waals surface area contributed by atoms with Crippen molar-refractivity contribution in [1.82, 2.24) is 5.32 Å². The third kappa shape index (κ3) is 6.43. The van der Waals surface area contributed by atoms with Gasteiger partial charge in [-0.3, -0.25) is 0 Å². The number of nitrogens with zero attached hydrogens (tertiary/aromatic N) is 1. The predicted molar refractivity (Wildman–Crippen MR) is 75.0 cm³/mol. The van der Waals surface area contributed by atoms with Crippen LogP contribution in [0.1, 0.15) is 24.8 Å². The van der Waals surface area contributed by atoms with Crippen LogP contribution in [0.2, 0.25) is 0 Å². The fourth-order valence-electron chi connectivity index (χ4n) is 1.68. The molecule has 1 N–H and O–H groups in total. The molecule has 0 aromatic heterocycles. The summed E-state index contributed by atoms with van der Waals surface area (Å²) in [6, 6.07) is 10.4. The second-order valence-corrected chi connectivity index (χ2v) is 4.33. The Bertz CT molecular complexity index is 496. The molecule has 0 fully saturated rings. The molecular formula is C15H18N2O4. The number of methoxy groups -OCH3 is 1. The number of unbranched alkanes of at least 4 members (excludes halogenated alkanes) is 1. The minimum atomic E-state index is -0.799. The van der Waals surface area contributed by atoms with E-state index in [4.69, 9.17) is 10.00 Å². The van der Waals surface area contributed by atoms with E-state index in [2.05, 4.69) is 10.1 Å². The van der Waals surface area contributed by atoms with Gasteiger partial charge in [-0.25, -0.2) is 9.59 Å². The van der Waals surface area contributed by atoms with E-state index in [1.807, 2.05) is 36.4 Å². The maximum Gasteiger partial charge on any atom is 0.408 e. The second-order valence-electron chi connectivity index (χ2n) is 4.33. The van der Waals surface area contributed by atoms with Crippen molar-refractivity contribution in [3.05, 3.63) is 35.9 Å². The van der Waals surface area contributed by atoms with Gasteiger partial charge in [0, 0.05) is 6.42 Å². The summed E-state index contributed by atoms with van der Waals surface area (Å²) in [7, 11) is 1.25. The summed E-state index contributed by atoms with van der Waals surface area (Å²) >= 11 is 0. The quantitative estimate of drug-likeness (QED) is 0.614. The fourth-order valence-corrected chi connectivity index (χ4v) is 1.68.